The molecule has 0 fully saturated rings. The first kappa shape index (κ1) is 15.1. The van der Waals surface area contributed by atoms with Crippen molar-refractivity contribution < 1.29 is 19.1 Å². The second-order valence-electron chi connectivity index (χ2n) is 4.56. The quantitative estimate of drug-likeness (QED) is 0.889. The van der Waals surface area contributed by atoms with Gasteiger partial charge >= 0.3 is 5.97 Å². The summed E-state index contributed by atoms with van der Waals surface area (Å²) in [6, 6.07) is 9.28. The summed E-state index contributed by atoms with van der Waals surface area (Å²) >= 11 is 6.07. The van der Waals surface area contributed by atoms with Crippen LogP contribution in [0.2, 0.25) is 5.02 Å². The van der Waals surface area contributed by atoms with E-state index in [0.717, 1.165) is 0 Å². The summed E-state index contributed by atoms with van der Waals surface area (Å²) in [6.07, 6.45) is -0.269. The Morgan fingerprint density at radius 3 is 2.57 bits per heavy atom. The first-order valence-electron chi connectivity index (χ1n) is 6.31. The zero-order chi connectivity index (χ0) is 15.4. The van der Waals surface area contributed by atoms with Gasteiger partial charge in [-0.2, -0.15) is 0 Å². The molecule has 0 saturated heterocycles. The van der Waals surface area contributed by atoms with Crippen LogP contribution < -0.4 is 5.32 Å². The molecule has 2 N–H and O–H groups in total. The average Bonchev–Trinajstić information content (AvgIpc) is 2.85. The Hall–Kier alpha value is -2.27. The molecule has 1 aromatic carbocycles. The standard InChI is InChI=1S/C15H14ClNO4/c1-9-6-7-13(21-9)15(20)17-12(8-14(18)19)10-4-2-3-5-11(10)16/h2-7,12H,8H2,1H3,(H,17,20)(H,18,19)/t12-/m1/s1. The van der Waals surface area contributed by atoms with Crippen LogP contribution in [-0.4, -0.2) is 17.0 Å². The second-order valence-corrected chi connectivity index (χ2v) is 4.96. The monoisotopic (exact) mass is 307 g/mol. The molecule has 0 unspecified atom stereocenters. The highest BCUT2D eigenvalue weighted by Crippen LogP contribution is 2.25. The van der Waals surface area contributed by atoms with Crippen molar-refractivity contribution in [3.63, 3.8) is 0 Å². The molecule has 2 aromatic rings. The second kappa shape index (κ2) is 6.45. The lowest BCUT2D eigenvalue weighted by atomic mass is 10.0. The van der Waals surface area contributed by atoms with Crippen LogP contribution in [0.3, 0.4) is 0 Å². The van der Waals surface area contributed by atoms with Crippen LogP contribution in [0, 0.1) is 6.92 Å². The molecule has 0 aliphatic rings. The molecule has 0 radical (unpaired) electrons. The van der Waals surface area contributed by atoms with Crippen LogP contribution in [0.25, 0.3) is 0 Å². The summed E-state index contributed by atoms with van der Waals surface area (Å²) in [6.45, 7) is 1.72. The molecule has 0 saturated carbocycles. The maximum Gasteiger partial charge on any atom is 0.305 e. The number of amides is 1. The highest BCUT2D eigenvalue weighted by atomic mass is 35.5. The molecule has 6 heteroatoms. The van der Waals surface area contributed by atoms with E-state index in [4.69, 9.17) is 21.1 Å². The van der Waals surface area contributed by atoms with E-state index in [2.05, 4.69) is 5.32 Å². The number of aryl methyl sites for hydroxylation is 1. The molecule has 0 bridgehead atoms. The van der Waals surface area contributed by atoms with Gasteiger partial charge in [0.05, 0.1) is 12.5 Å². The third-order valence-corrected chi connectivity index (χ3v) is 3.27. The van der Waals surface area contributed by atoms with Crippen molar-refractivity contribution in [3.8, 4) is 0 Å². The molecule has 2 rings (SSSR count). The molecule has 5 nitrogen and oxygen atoms in total. The lowest BCUT2D eigenvalue weighted by Crippen LogP contribution is -2.30. The summed E-state index contributed by atoms with van der Waals surface area (Å²) in [4.78, 5) is 23.1. The van der Waals surface area contributed by atoms with Gasteiger partial charge in [0.25, 0.3) is 5.91 Å². The highest BCUT2D eigenvalue weighted by molar-refractivity contribution is 6.31. The van der Waals surface area contributed by atoms with E-state index in [1.165, 1.54) is 6.07 Å². The van der Waals surface area contributed by atoms with Gasteiger partial charge in [0, 0.05) is 5.02 Å². The van der Waals surface area contributed by atoms with Crippen molar-refractivity contribution >= 4 is 23.5 Å². The van der Waals surface area contributed by atoms with E-state index in [0.29, 0.717) is 16.3 Å². The predicted octanol–water partition coefficient (Wildman–Crippen LogP) is 3.19. The summed E-state index contributed by atoms with van der Waals surface area (Å²) in [5.41, 5.74) is 0.554. The van der Waals surface area contributed by atoms with Gasteiger partial charge in [0.1, 0.15) is 5.76 Å². The van der Waals surface area contributed by atoms with Gasteiger partial charge in [-0.3, -0.25) is 9.59 Å². The van der Waals surface area contributed by atoms with Crippen molar-refractivity contribution in [2.24, 2.45) is 0 Å². The fourth-order valence-electron chi connectivity index (χ4n) is 1.96. The predicted molar refractivity (Wildman–Crippen MR) is 77.4 cm³/mol. The van der Waals surface area contributed by atoms with Gasteiger partial charge in [-0.15, -0.1) is 0 Å². The lowest BCUT2D eigenvalue weighted by Gasteiger charge is -2.18. The normalized spacial score (nSPS) is 11.9. The number of rotatable bonds is 5. The topological polar surface area (TPSA) is 79.5 Å². The SMILES string of the molecule is Cc1ccc(C(=O)N[C@H](CC(=O)O)c2ccccc2Cl)o1. The van der Waals surface area contributed by atoms with Crippen molar-refractivity contribution in [2.75, 3.05) is 0 Å². The Morgan fingerprint density at radius 2 is 2.00 bits per heavy atom. The molecule has 21 heavy (non-hydrogen) atoms. The molecular weight excluding hydrogens is 294 g/mol. The Bertz CT molecular complexity index is 665. The Balaban J connectivity index is 2.23. The number of hydrogen-bond acceptors (Lipinski definition) is 3. The van der Waals surface area contributed by atoms with Crippen LogP contribution in [0.4, 0.5) is 0 Å². The van der Waals surface area contributed by atoms with Crippen molar-refractivity contribution in [1.29, 1.82) is 0 Å². The van der Waals surface area contributed by atoms with E-state index in [1.54, 1.807) is 37.3 Å². The van der Waals surface area contributed by atoms with Gasteiger partial charge in [0.2, 0.25) is 0 Å². The number of carbonyl (C=O) groups excluding carboxylic acids is 1. The zero-order valence-corrected chi connectivity index (χ0v) is 12.1. The molecule has 0 aliphatic heterocycles. The summed E-state index contributed by atoms with van der Waals surface area (Å²) < 4.78 is 5.22. The summed E-state index contributed by atoms with van der Waals surface area (Å²) in [5.74, 6) is -0.771. The first-order valence-corrected chi connectivity index (χ1v) is 6.68. The number of furan rings is 1. The maximum atomic E-state index is 12.1. The number of carboxylic acid groups (broad SMARTS) is 1. The summed E-state index contributed by atoms with van der Waals surface area (Å²) in [5, 5.41) is 12.0. The Morgan fingerprint density at radius 1 is 1.29 bits per heavy atom. The van der Waals surface area contributed by atoms with Gasteiger partial charge in [-0.1, -0.05) is 29.8 Å². The van der Waals surface area contributed by atoms with E-state index >= 15 is 0 Å². The van der Waals surface area contributed by atoms with Crippen molar-refractivity contribution in [3.05, 3.63) is 58.5 Å². The molecule has 0 aliphatic carbocycles. The molecule has 1 atom stereocenters. The van der Waals surface area contributed by atoms with E-state index in [9.17, 15) is 9.59 Å². The number of hydrogen-bond donors (Lipinski definition) is 2. The Kier molecular flexibility index (Phi) is 4.65. The number of aliphatic carboxylic acids is 1. The van der Waals surface area contributed by atoms with Gasteiger partial charge in [-0.05, 0) is 30.7 Å². The highest BCUT2D eigenvalue weighted by Gasteiger charge is 2.22. The fourth-order valence-corrected chi connectivity index (χ4v) is 2.22. The average molecular weight is 308 g/mol. The van der Waals surface area contributed by atoms with Crippen LogP contribution in [0.1, 0.15) is 34.3 Å². The Labute approximate surface area is 126 Å². The van der Waals surface area contributed by atoms with Crippen LogP contribution >= 0.6 is 11.6 Å². The van der Waals surface area contributed by atoms with Gasteiger partial charge in [0.15, 0.2) is 5.76 Å². The van der Waals surface area contributed by atoms with E-state index in [1.807, 2.05) is 0 Å². The third kappa shape index (κ3) is 3.86. The minimum atomic E-state index is -1.03. The minimum absolute atomic E-state index is 0.134. The fraction of sp³-hybridized carbons (Fsp3) is 0.200. The molecule has 1 amide bonds. The number of carbonyl (C=O) groups is 2. The molecule has 0 spiro atoms. The molecule has 1 aromatic heterocycles. The summed E-state index contributed by atoms with van der Waals surface area (Å²) in [7, 11) is 0. The number of halogens is 1. The van der Waals surface area contributed by atoms with Crippen LogP contribution in [0.15, 0.2) is 40.8 Å². The molecule has 1 heterocycles. The number of nitrogens with one attached hydrogen (secondary N) is 1. The third-order valence-electron chi connectivity index (χ3n) is 2.93. The minimum Gasteiger partial charge on any atom is -0.481 e. The van der Waals surface area contributed by atoms with E-state index in [-0.39, 0.29) is 12.2 Å². The zero-order valence-electron chi connectivity index (χ0n) is 11.3. The van der Waals surface area contributed by atoms with E-state index < -0.39 is 17.9 Å². The van der Waals surface area contributed by atoms with Crippen molar-refractivity contribution in [1.82, 2.24) is 5.32 Å². The number of benzene rings is 1. The molecule has 110 valence electrons. The van der Waals surface area contributed by atoms with Crippen molar-refractivity contribution in [2.45, 2.75) is 19.4 Å². The maximum absolute atomic E-state index is 12.1. The lowest BCUT2D eigenvalue weighted by molar-refractivity contribution is -0.137. The van der Waals surface area contributed by atoms with Crippen LogP contribution in [-0.2, 0) is 4.79 Å². The largest absolute Gasteiger partial charge is 0.481 e. The van der Waals surface area contributed by atoms with Gasteiger partial charge in [-0.25, -0.2) is 0 Å². The van der Waals surface area contributed by atoms with Crippen LogP contribution in [0.5, 0.6) is 0 Å². The first-order chi connectivity index (χ1) is 9.97. The smallest absolute Gasteiger partial charge is 0.305 e. The molecular formula is C15H14ClNO4. The van der Waals surface area contributed by atoms with Gasteiger partial charge < -0.3 is 14.8 Å². The number of carboxylic acids is 1.